The van der Waals surface area contributed by atoms with Crippen molar-refractivity contribution >= 4 is 11.8 Å². The fourth-order valence-electron chi connectivity index (χ4n) is 4.57. The lowest BCUT2D eigenvalue weighted by molar-refractivity contribution is -0.132. The first-order valence-corrected chi connectivity index (χ1v) is 11.2. The lowest BCUT2D eigenvalue weighted by Gasteiger charge is -2.27. The van der Waals surface area contributed by atoms with E-state index in [9.17, 15) is 9.59 Å². The van der Waals surface area contributed by atoms with Gasteiger partial charge in [-0.05, 0) is 65.8 Å². The van der Waals surface area contributed by atoms with Gasteiger partial charge in [0.1, 0.15) is 5.75 Å². The van der Waals surface area contributed by atoms with Crippen LogP contribution in [0.25, 0.3) is 11.1 Å². The SMILES string of the molecule is COc1ccc(CCC(=O)N2CC[C@@](Cc3ccccc3-c3ccncc3)(C(N)=O)C2)cc1. The molecule has 2 amide bonds. The zero-order chi connectivity index (χ0) is 23.3. The highest BCUT2D eigenvalue weighted by Gasteiger charge is 2.44. The van der Waals surface area contributed by atoms with Crippen LogP contribution in [0.15, 0.2) is 73.1 Å². The number of hydrogen-bond acceptors (Lipinski definition) is 4. The maximum atomic E-state index is 12.9. The number of hydrogen-bond donors (Lipinski definition) is 1. The third-order valence-electron chi connectivity index (χ3n) is 6.55. The number of rotatable bonds is 8. The van der Waals surface area contributed by atoms with Gasteiger partial charge in [-0.25, -0.2) is 0 Å². The van der Waals surface area contributed by atoms with E-state index < -0.39 is 5.41 Å². The number of aromatic nitrogens is 1. The molecule has 6 heteroatoms. The fraction of sp³-hybridized carbons (Fsp3) is 0.296. The minimum atomic E-state index is -0.765. The van der Waals surface area contributed by atoms with Crippen molar-refractivity contribution in [1.29, 1.82) is 0 Å². The molecule has 4 rings (SSSR count). The summed E-state index contributed by atoms with van der Waals surface area (Å²) in [5, 5.41) is 0. The first-order chi connectivity index (χ1) is 16.0. The minimum Gasteiger partial charge on any atom is -0.497 e. The first-order valence-electron chi connectivity index (χ1n) is 11.2. The van der Waals surface area contributed by atoms with Crippen molar-refractivity contribution in [3.63, 3.8) is 0 Å². The number of primary amides is 1. The Kier molecular flexibility index (Phi) is 6.73. The molecule has 1 aliphatic rings. The second-order valence-electron chi connectivity index (χ2n) is 8.63. The van der Waals surface area contributed by atoms with Gasteiger partial charge in [0, 0.05) is 31.9 Å². The molecule has 33 heavy (non-hydrogen) atoms. The normalized spacial score (nSPS) is 17.7. The molecule has 6 nitrogen and oxygen atoms in total. The molecule has 2 aromatic carbocycles. The van der Waals surface area contributed by atoms with E-state index in [1.54, 1.807) is 24.4 Å². The average Bonchev–Trinajstić information content (AvgIpc) is 3.29. The van der Waals surface area contributed by atoms with Gasteiger partial charge >= 0.3 is 0 Å². The maximum Gasteiger partial charge on any atom is 0.225 e. The molecule has 170 valence electrons. The van der Waals surface area contributed by atoms with Crippen molar-refractivity contribution in [2.75, 3.05) is 20.2 Å². The van der Waals surface area contributed by atoms with Crippen molar-refractivity contribution < 1.29 is 14.3 Å². The number of likely N-dealkylation sites (tertiary alicyclic amines) is 1. The molecule has 0 bridgehead atoms. The van der Waals surface area contributed by atoms with Crippen LogP contribution in [0.4, 0.5) is 0 Å². The van der Waals surface area contributed by atoms with Crippen LogP contribution in [0.5, 0.6) is 5.75 Å². The maximum absolute atomic E-state index is 12.9. The van der Waals surface area contributed by atoms with Crippen molar-refractivity contribution in [2.24, 2.45) is 11.1 Å². The quantitative estimate of drug-likeness (QED) is 0.576. The number of pyridine rings is 1. The van der Waals surface area contributed by atoms with Crippen molar-refractivity contribution in [2.45, 2.75) is 25.7 Å². The molecule has 2 heterocycles. The van der Waals surface area contributed by atoms with Crippen LogP contribution in [0.3, 0.4) is 0 Å². The smallest absolute Gasteiger partial charge is 0.225 e. The van der Waals surface area contributed by atoms with Gasteiger partial charge in [0.2, 0.25) is 11.8 Å². The Balaban J connectivity index is 1.46. The lowest BCUT2D eigenvalue weighted by atomic mass is 9.78. The molecule has 0 unspecified atom stereocenters. The Bertz CT molecular complexity index is 1110. The zero-order valence-corrected chi connectivity index (χ0v) is 18.9. The van der Waals surface area contributed by atoms with E-state index >= 15 is 0 Å². The third-order valence-corrected chi connectivity index (χ3v) is 6.55. The van der Waals surface area contributed by atoms with Crippen LogP contribution >= 0.6 is 0 Å². The van der Waals surface area contributed by atoms with Crippen molar-refractivity contribution in [3.8, 4) is 16.9 Å². The molecule has 0 saturated carbocycles. The molecule has 0 aliphatic carbocycles. The molecule has 1 saturated heterocycles. The molecule has 1 aromatic heterocycles. The fourth-order valence-corrected chi connectivity index (χ4v) is 4.57. The van der Waals surface area contributed by atoms with Crippen LogP contribution in [0.1, 0.15) is 24.0 Å². The van der Waals surface area contributed by atoms with E-state index in [4.69, 9.17) is 10.5 Å². The molecular formula is C27H29N3O3. The summed E-state index contributed by atoms with van der Waals surface area (Å²) in [6, 6.07) is 19.7. The van der Waals surface area contributed by atoms with E-state index in [0.29, 0.717) is 38.8 Å². The Morgan fingerprint density at radius 2 is 1.79 bits per heavy atom. The van der Waals surface area contributed by atoms with E-state index in [-0.39, 0.29) is 11.8 Å². The van der Waals surface area contributed by atoms with Crippen molar-refractivity contribution in [1.82, 2.24) is 9.88 Å². The van der Waals surface area contributed by atoms with Gasteiger partial charge in [-0.3, -0.25) is 14.6 Å². The van der Waals surface area contributed by atoms with E-state index in [2.05, 4.69) is 4.98 Å². The summed E-state index contributed by atoms with van der Waals surface area (Å²) in [5.41, 5.74) is 9.40. The highest BCUT2D eigenvalue weighted by molar-refractivity contribution is 5.85. The average molecular weight is 444 g/mol. The topological polar surface area (TPSA) is 85.5 Å². The van der Waals surface area contributed by atoms with Gasteiger partial charge in [0.25, 0.3) is 0 Å². The summed E-state index contributed by atoms with van der Waals surface area (Å²) < 4.78 is 5.18. The molecule has 2 N–H and O–H groups in total. The van der Waals surface area contributed by atoms with E-state index in [1.807, 2.05) is 60.7 Å². The van der Waals surface area contributed by atoms with Crippen LogP contribution in [0, 0.1) is 5.41 Å². The predicted molar refractivity (Wildman–Crippen MR) is 128 cm³/mol. The van der Waals surface area contributed by atoms with E-state index in [1.165, 1.54) is 0 Å². The summed E-state index contributed by atoms with van der Waals surface area (Å²) in [7, 11) is 1.63. The summed E-state index contributed by atoms with van der Waals surface area (Å²) in [4.78, 5) is 31.5. The number of nitrogens with zero attached hydrogens (tertiary/aromatic N) is 2. The number of aryl methyl sites for hydroxylation is 1. The summed E-state index contributed by atoms with van der Waals surface area (Å²) in [5.74, 6) is 0.497. The molecule has 1 fully saturated rings. The van der Waals surface area contributed by atoms with Gasteiger partial charge in [-0.1, -0.05) is 36.4 Å². The number of carbonyl (C=O) groups excluding carboxylic acids is 2. The molecule has 0 radical (unpaired) electrons. The number of benzene rings is 2. The Labute approximate surface area is 194 Å². The molecule has 1 atom stereocenters. The number of amides is 2. The zero-order valence-electron chi connectivity index (χ0n) is 18.9. The summed E-state index contributed by atoms with van der Waals surface area (Å²) in [6.45, 7) is 0.899. The van der Waals surface area contributed by atoms with Crippen molar-refractivity contribution in [3.05, 3.63) is 84.2 Å². The monoisotopic (exact) mass is 443 g/mol. The second-order valence-corrected chi connectivity index (χ2v) is 8.63. The molecule has 0 spiro atoms. The Morgan fingerprint density at radius 3 is 2.48 bits per heavy atom. The summed E-state index contributed by atoms with van der Waals surface area (Å²) in [6.07, 6.45) is 5.64. The molecular weight excluding hydrogens is 414 g/mol. The lowest BCUT2D eigenvalue weighted by Crippen LogP contribution is -2.42. The Morgan fingerprint density at radius 1 is 1.06 bits per heavy atom. The highest BCUT2D eigenvalue weighted by atomic mass is 16.5. The summed E-state index contributed by atoms with van der Waals surface area (Å²) >= 11 is 0. The van der Waals surface area contributed by atoms with Gasteiger partial charge in [0.05, 0.1) is 12.5 Å². The largest absolute Gasteiger partial charge is 0.497 e. The Hall–Kier alpha value is -3.67. The predicted octanol–water partition coefficient (Wildman–Crippen LogP) is 3.64. The highest BCUT2D eigenvalue weighted by Crippen LogP contribution is 2.37. The minimum absolute atomic E-state index is 0.0522. The van der Waals surface area contributed by atoms with E-state index in [0.717, 1.165) is 28.0 Å². The van der Waals surface area contributed by atoms with Gasteiger partial charge in [-0.2, -0.15) is 0 Å². The van der Waals surface area contributed by atoms with Crippen LogP contribution < -0.4 is 10.5 Å². The second kappa shape index (κ2) is 9.86. The van der Waals surface area contributed by atoms with Gasteiger partial charge in [0.15, 0.2) is 0 Å². The first kappa shape index (κ1) is 22.5. The van der Waals surface area contributed by atoms with Crippen LogP contribution in [-0.4, -0.2) is 41.9 Å². The standard InChI is InChI=1S/C27H29N3O3/c1-33-23-9-6-20(7-10-23)8-11-25(31)30-17-14-27(19-30,26(28)32)18-22-4-2-3-5-24(22)21-12-15-29-16-13-21/h2-7,9-10,12-13,15-16H,8,11,14,17-19H2,1H3,(H2,28,32)/t27-/m0/s1. The number of carbonyl (C=O) groups is 2. The molecule has 1 aliphatic heterocycles. The number of methoxy groups -OCH3 is 1. The number of nitrogens with two attached hydrogens (primary N) is 1. The van der Waals surface area contributed by atoms with Gasteiger partial charge < -0.3 is 15.4 Å². The number of ether oxygens (including phenoxy) is 1. The van der Waals surface area contributed by atoms with Gasteiger partial charge in [-0.15, -0.1) is 0 Å². The third kappa shape index (κ3) is 5.06. The van der Waals surface area contributed by atoms with Crippen LogP contribution in [0.2, 0.25) is 0 Å². The van der Waals surface area contributed by atoms with Crippen LogP contribution in [-0.2, 0) is 22.4 Å². The molecule has 3 aromatic rings.